The Morgan fingerprint density at radius 3 is 2.83 bits per heavy atom. The molecule has 7 heteroatoms. The van der Waals surface area contributed by atoms with E-state index in [-0.39, 0.29) is 17.7 Å². The number of benzene rings is 1. The van der Waals surface area contributed by atoms with Crippen molar-refractivity contribution in [1.29, 1.82) is 0 Å². The number of amides is 1. The first-order valence-corrected chi connectivity index (χ1v) is 9.06. The molecule has 2 rings (SSSR count). The number of nitrogens with zero attached hydrogens (tertiary/aromatic N) is 2. The maximum Gasteiger partial charge on any atom is 0.277 e. The normalized spacial score (nSPS) is 13.5. The van der Waals surface area contributed by atoms with Gasteiger partial charge in [-0.1, -0.05) is 37.7 Å². The number of thioether (sulfide) groups is 1. The molecule has 0 radical (unpaired) electrons. The number of hydrogen-bond acceptors (Lipinski definition) is 5. The largest absolute Gasteiger partial charge is 0.410 e. The molecule has 4 N–H and O–H groups in total. The fourth-order valence-corrected chi connectivity index (χ4v) is 2.73. The van der Waals surface area contributed by atoms with Gasteiger partial charge < -0.3 is 15.5 Å². The molecule has 0 bridgehead atoms. The van der Waals surface area contributed by atoms with Crippen LogP contribution in [0.1, 0.15) is 43.3 Å². The van der Waals surface area contributed by atoms with Gasteiger partial charge in [0.25, 0.3) is 11.1 Å². The predicted octanol–water partition coefficient (Wildman–Crippen LogP) is 2.75. The number of nitrogens with one attached hydrogen (secondary N) is 1. The second kappa shape index (κ2) is 8.30. The Balaban J connectivity index is 1.90. The van der Waals surface area contributed by atoms with Crippen LogP contribution in [0.3, 0.4) is 0 Å². The van der Waals surface area contributed by atoms with Crippen LogP contribution in [0.5, 0.6) is 0 Å². The maximum atomic E-state index is 12.1. The van der Waals surface area contributed by atoms with Crippen LogP contribution < -0.4 is 11.1 Å². The lowest BCUT2D eigenvalue weighted by Gasteiger charge is -2.10. The van der Waals surface area contributed by atoms with Gasteiger partial charge in [0.15, 0.2) is 6.04 Å². The van der Waals surface area contributed by atoms with Gasteiger partial charge in [0.2, 0.25) is 5.91 Å². The summed E-state index contributed by atoms with van der Waals surface area (Å²) < 4.78 is 5.61. The molecule has 0 aliphatic rings. The summed E-state index contributed by atoms with van der Waals surface area (Å²) in [5.74, 6) is 1.03. The lowest BCUT2D eigenvalue weighted by atomic mass is 10.0. The van der Waals surface area contributed by atoms with Crippen LogP contribution in [0.25, 0.3) is 0 Å². The van der Waals surface area contributed by atoms with Gasteiger partial charge in [-0.15, -0.1) is 10.2 Å². The first-order chi connectivity index (χ1) is 11.4. The van der Waals surface area contributed by atoms with E-state index in [9.17, 15) is 4.79 Å². The van der Waals surface area contributed by atoms with Crippen LogP contribution in [0, 0.1) is 19.8 Å². The highest BCUT2D eigenvalue weighted by atomic mass is 32.2. The van der Waals surface area contributed by atoms with Crippen molar-refractivity contribution in [2.24, 2.45) is 5.92 Å². The Bertz CT molecular complexity index is 702. The van der Waals surface area contributed by atoms with E-state index < -0.39 is 0 Å². The number of aryl methyl sites for hydroxylation is 1. The van der Waals surface area contributed by atoms with Gasteiger partial charge in [-0.25, -0.2) is 0 Å². The van der Waals surface area contributed by atoms with E-state index in [4.69, 9.17) is 4.42 Å². The molecule has 0 saturated heterocycles. The molecule has 0 aliphatic heterocycles. The molecule has 1 amide bonds. The summed E-state index contributed by atoms with van der Waals surface area (Å²) in [6.45, 7) is 8.22. The first kappa shape index (κ1) is 18.5. The van der Waals surface area contributed by atoms with Crippen LogP contribution in [0.2, 0.25) is 0 Å². The monoisotopic (exact) mass is 349 g/mol. The van der Waals surface area contributed by atoms with E-state index in [0.29, 0.717) is 17.0 Å². The molecule has 1 aromatic carbocycles. The molecule has 1 heterocycles. The molecule has 0 unspecified atom stereocenters. The van der Waals surface area contributed by atoms with E-state index >= 15 is 0 Å². The summed E-state index contributed by atoms with van der Waals surface area (Å²) in [6.07, 6.45) is 0.997. The number of hydrogen-bond donors (Lipinski definition) is 2. The molecule has 0 aliphatic carbocycles. The van der Waals surface area contributed by atoms with Crippen molar-refractivity contribution in [3.05, 3.63) is 35.2 Å². The second-order valence-electron chi connectivity index (χ2n) is 5.98. The molecule has 24 heavy (non-hydrogen) atoms. The molecule has 1 aromatic heterocycles. The van der Waals surface area contributed by atoms with Crippen LogP contribution in [0.15, 0.2) is 27.8 Å². The number of carbonyl (C=O) groups excluding carboxylic acids is 1. The van der Waals surface area contributed by atoms with Crippen molar-refractivity contribution >= 4 is 23.4 Å². The summed E-state index contributed by atoms with van der Waals surface area (Å²) in [5, 5.41) is 11.3. The lowest BCUT2D eigenvalue weighted by molar-refractivity contribution is -0.444. The molecular weight excluding hydrogens is 324 g/mol. The minimum atomic E-state index is -0.0958. The Morgan fingerprint density at radius 1 is 1.38 bits per heavy atom. The van der Waals surface area contributed by atoms with Crippen molar-refractivity contribution in [2.45, 2.75) is 45.4 Å². The third-order valence-electron chi connectivity index (χ3n) is 4.28. The number of carbonyl (C=O) groups is 1. The number of rotatable bonds is 7. The van der Waals surface area contributed by atoms with Crippen molar-refractivity contribution in [1.82, 2.24) is 10.2 Å². The average Bonchev–Trinajstić information content (AvgIpc) is 3.04. The van der Waals surface area contributed by atoms with Gasteiger partial charge in [-0.3, -0.25) is 4.79 Å². The zero-order chi connectivity index (χ0) is 17.7. The molecule has 6 nitrogen and oxygen atoms in total. The van der Waals surface area contributed by atoms with Gasteiger partial charge in [0.1, 0.15) is 0 Å². The van der Waals surface area contributed by atoms with E-state index in [2.05, 4.69) is 35.1 Å². The van der Waals surface area contributed by atoms with Crippen molar-refractivity contribution < 1.29 is 14.9 Å². The summed E-state index contributed by atoms with van der Waals surface area (Å²) in [7, 11) is 0. The van der Waals surface area contributed by atoms with E-state index in [1.165, 1.54) is 11.8 Å². The Labute approximate surface area is 146 Å². The highest BCUT2D eigenvalue weighted by Crippen LogP contribution is 2.23. The fraction of sp³-hybridized carbons (Fsp3) is 0.471. The van der Waals surface area contributed by atoms with Crippen LogP contribution in [0.4, 0.5) is 5.69 Å². The third kappa shape index (κ3) is 4.58. The highest BCUT2D eigenvalue weighted by molar-refractivity contribution is 7.99. The van der Waals surface area contributed by atoms with E-state index in [1.807, 2.05) is 32.0 Å². The Kier molecular flexibility index (Phi) is 6.39. The third-order valence-corrected chi connectivity index (χ3v) is 5.09. The number of anilines is 1. The van der Waals surface area contributed by atoms with Crippen molar-refractivity contribution in [2.75, 3.05) is 11.1 Å². The van der Waals surface area contributed by atoms with Crippen LogP contribution >= 0.6 is 11.8 Å². The quantitative estimate of drug-likeness (QED) is 0.749. The first-order valence-electron chi connectivity index (χ1n) is 8.07. The predicted molar refractivity (Wildman–Crippen MR) is 94.7 cm³/mol. The fourth-order valence-electron chi connectivity index (χ4n) is 2.16. The number of aromatic nitrogens is 2. The molecule has 2 aromatic rings. The molecule has 0 saturated carbocycles. The molecule has 130 valence electrons. The minimum absolute atomic E-state index is 0.0272. The zero-order valence-electron chi connectivity index (χ0n) is 14.6. The molecule has 2 atom stereocenters. The molecule has 0 fully saturated rings. The van der Waals surface area contributed by atoms with Crippen molar-refractivity contribution in [3.63, 3.8) is 0 Å². The standard InChI is InChI=1S/C17H24N4O2S/c1-5-10(2)15(18)16-20-21-17(23-16)24-9-14(22)19-13-8-6-7-11(3)12(13)4/h6-8,10,15H,5,9,18H2,1-4H3,(H,19,22)/p+1/t10-,15+/m1/s1. The topological polar surface area (TPSA) is 95.7 Å². The Morgan fingerprint density at radius 2 is 2.12 bits per heavy atom. The van der Waals surface area contributed by atoms with Gasteiger partial charge in [-0.2, -0.15) is 0 Å². The van der Waals surface area contributed by atoms with E-state index in [0.717, 1.165) is 23.2 Å². The van der Waals surface area contributed by atoms with E-state index in [1.54, 1.807) is 0 Å². The second-order valence-corrected chi connectivity index (χ2v) is 6.91. The van der Waals surface area contributed by atoms with Gasteiger partial charge in [0.05, 0.1) is 5.75 Å². The minimum Gasteiger partial charge on any atom is -0.410 e. The summed E-state index contributed by atoms with van der Waals surface area (Å²) >= 11 is 1.24. The summed E-state index contributed by atoms with van der Waals surface area (Å²) in [6, 6.07) is 5.82. The van der Waals surface area contributed by atoms with Crippen LogP contribution in [-0.2, 0) is 4.79 Å². The van der Waals surface area contributed by atoms with Crippen LogP contribution in [-0.4, -0.2) is 21.9 Å². The Hall–Kier alpha value is -1.86. The summed E-state index contributed by atoms with van der Waals surface area (Å²) in [5.41, 5.74) is 7.13. The highest BCUT2D eigenvalue weighted by Gasteiger charge is 2.23. The average molecular weight is 349 g/mol. The van der Waals surface area contributed by atoms with Gasteiger partial charge in [-0.05, 0) is 37.5 Å². The SMILES string of the molecule is CC[C@@H](C)[C@H]([NH3+])c1nnc(SCC(=O)Nc2cccc(C)c2C)o1. The molecular formula is C17H25N4O2S+. The lowest BCUT2D eigenvalue weighted by Crippen LogP contribution is -2.56. The number of quaternary nitrogens is 1. The maximum absolute atomic E-state index is 12.1. The molecule has 0 spiro atoms. The van der Waals surface area contributed by atoms with Gasteiger partial charge >= 0.3 is 0 Å². The summed E-state index contributed by atoms with van der Waals surface area (Å²) in [4.78, 5) is 12.1. The van der Waals surface area contributed by atoms with Crippen molar-refractivity contribution in [3.8, 4) is 0 Å². The van der Waals surface area contributed by atoms with Gasteiger partial charge in [0, 0.05) is 11.6 Å². The smallest absolute Gasteiger partial charge is 0.277 e. The zero-order valence-corrected chi connectivity index (χ0v) is 15.4.